The van der Waals surface area contributed by atoms with Crippen molar-refractivity contribution < 1.29 is 49.3 Å². The van der Waals surface area contributed by atoms with Crippen molar-refractivity contribution in [2.24, 2.45) is 17.8 Å². The molecule has 14 atom stereocenters. The zero-order chi connectivity index (χ0) is 33.2. The summed E-state index contributed by atoms with van der Waals surface area (Å²) in [6.07, 6.45) is -6.80. The first-order chi connectivity index (χ1) is 19.7. The average molecular weight is 619 g/mol. The predicted molar refractivity (Wildman–Crippen MR) is 160 cm³/mol. The van der Waals surface area contributed by atoms with E-state index in [1.54, 1.807) is 41.7 Å². The summed E-state index contributed by atoms with van der Waals surface area (Å²) in [4.78, 5) is 28.8. The van der Waals surface area contributed by atoms with E-state index in [1.165, 1.54) is 25.7 Å². The average Bonchev–Trinajstić information content (AvgIpc) is 2.92. The monoisotopic (exact) mass is 618 g/mol. The van der Waals surface area contributed by atoms with Crippen LogP contribution in [-0.4, -0.2) is 134 Å². The smallest absolute Gasteiger partial charge is 0.311 e. The molecule has 12 heteroatoms. The maximum atomic E-state index is 13.3. The van der Waals surface area contributed by atoms with Crippen LogP contribution in [-0.2, 0) is 23.8 Å². The lowest BCUT2D eigenvalue weighted by Crippen LogP contribution is -2.60. The van der Waals surface area contributed by atoms with Gasteiger partial charge in [0.15, 0.2) is 6.29 Å². The molecule has 0 radical (unpaired) electrons. The van der Waals surface area contributed by atoms with E-state index in [2.05, 4.69) is 0 Å². The molecule has 2 heterocycles. The molecule has 2 fully saturated rings. The molecule has 5 N–H and O–H groups in total. The molecule has 12 nitrogen and oxygen atoms in total. The number of cyclic esters (lactones) is 1. The SMILES string of the molecule is CC[C@H]1OC(=O)[C@H](C)[C@@H](O)[C@H](C)[C@@H](O[C@@H]2O[C@H](C)C[C@H](N(C)C(C)=O)[C@H]2O)C(C)(O)C[C@@H](C)CN(C)[C@H](C)[C@@H](O)[C@]1(C)O. The van der Waals surface area contributed by atoms with Crippen molar-refractivity contribution >= 4 is 11.9 Å². The predicted octanol–water partition coefficient (Wildman–Crippen LogP) is 0.892. The number of esters is 1. The van der Waals surface area contributed by atoms with E-state index < -0.39 is 77.9 Å². The van der Waals surface area contributed by atoms with E-state index in [9.17, 15) is 35.1 Å². The number of likely N-dealkylation sites (N-methyl/N-ethyl adjacent to an activating group) is 2. The van der Waals surface area contributed by atoms with Crippen LogP contribution in [0.5, 0.6) is 0 Å². The Morgan fingerprint density at radius 2 is 1.67 bits per heavy atom. The fraction of sp³-hybridized carbons (Fsp3) is 0.935. The number of rotatable bonds is 4. The number of carbonyl (C=O) groups excluding carboxylic acids is 2. The lowest BCUT2D eigenvalue weighted by atomic mass is 9.78. The molecule has 2 aliphatic heterocycles. The highest BCUT2D eigenvalue weighted by atomic mass is 16.7. The van der Waals surface area contributed by atoms with Gasteiger partial charge in [0.2, 0.25) is 5.91 Å². The highest BCUT2D eigenvalue weighted by Crippen LogP contribution is 2.36. The number of aliphatic hydroxyl groups is 5. The normalized spacial score (nSPS) is 46.4. The number of hydrogen-bond donors (Lipinski definition) is 5. The molecular formula is C31H58N2O10. The maximum absolute atomic E-state index is 13.3. The first-order valence-electron chi connectivity index (χ1n) is 15.6. The van der Waals surface area contributed by atoms with Gasteiger partial charge >= 0.3 is 5.97 Å². The lowest BCUT2D eigenvalue weighted by molar-refractivity contribution is -0.298. The minimum Gasteiger partial charge on any atom is -0.459 e. The summed E-state index contributed by atoms with van der Waals surface area (Å²) in [6.45, 7) is 15.3. The van der Waals surface area contributed by atoms with Crippen molar-refractivity contribution in [1.82, 2.24) is 9.80 Å². The topological polar surface area (TPSA) is 169 Å². The van der Waals surface area contributed by atoms with Crippen LogP contribution in [0.1, 0.15) is 81.6 Å². The molecule has 2 rings (SSSR count). The van der Waals surface area contributed by atoms with Gasteiger partial charge in [-0.1, -0.05) is 20.8 Å². The van der Waals surface area contributed by atoms with Crippen LogP contribution in [0.2, 0.25) is 0 Å². The summed E-state index contributed by atoms with van der Waals surface area (Å²) in [6, 6.07) is -1.12. The summed E-state index contributed by atoms with van der Waals surface area (Å²) < 4.78 is 18.0. The van der Waals surface area contributed by atoms with E-state index in [1.807, 2.05) is 18.9 Å². The summed E-state index contributed by atoms with van der Waals surface area (Å²) in [5.74, 6) is -3.09. The highest BCUT2D eigenvalue weighted by molar-refractivity contribution is 5.73. The van der Waals surface area contributed by atoms with E-state index in [4.69, 9.17) is 14.2 Å². The van der Waals surface area contributed by atoms with Crippen molar-refractivity contribution in [2.45, 2.75) is 148 Å². The lowest BCUT2D eigenvalue weighted by Gasteiger charge is -2.47. The van der Waals surface area contributed by atoms with Crippen LogP contribution in [0.4, 0.5) is 0 Å². The largest absolute Gasteiger partial charge is 0.459 e. The van der Waals surface area contributed by atoms with E-state index in [0.29, 0.717) is 13.0 Å². The molecule has 1 unspecified atom stereocenters. The van der Waals surface area contributed by atoms with Gasteiger partial charge in [0.05, 0.1) is 35.9 Å². The van der Waals surface area contributed by atoms with Crippen LogP contribution in [0.3, 0.4) is 0 Å². The Morgan fingerprint density at radius 3 is 2.21 bits per heavy atom. The molecule has 2 aliphatic rings. The standard InChI is InChI=1S/C31H58N2O10/c1-12-23-31(9,40)26(37)20(6)32(10)15-16(2)14-30(8,39)27(18(4)24(35)19(5)28(38)42-23)43-29-25(36)22(13-17(3)41-29)33(11)21(7)34/h16-20,22-27,29,35-37,39-40H,12-15H2,1-11H3/t16-,17-,18+,19-,20-,22+,23-,24+,25-,26-,27-,29+,30?,31-/m1/s1. The third-order valence-electron chi connectivity index (χ3n) is 9.79. The highest BCUT2D eigenvalue weighted by Gasteiger charge is 2.50. The Hall–Kier alpha value is -1.38. The molecule has 0 aromatic heterocycles. The van der Waals surface area contributed by atoms with Gasteiger partial charge in [0.25, 0.3) is 0 Å². The number of aliphatic hydroxyl groups excluding tert-OH is 3. The maximum Gasteiger partial charge on any atom is 0.311 e. The quantitative estimate of drug-likeness (QED) is 0.284. The number of carbonyl (C=O) groups is 2. The zero-order valence-corrected chi connectivity index (χ0v) is 27.9. The van der Waals surface area contributed by atoms with E-state index >= 15 is 0 Å². The first-order valence-corrected chi connectivity index (χ1v) is 15.6. The van der Waals surface area contributed by atoms with Crippen LogP contribution < -0.4 is 0 Å². The second kappa shape index (κ2) is 14.8. The van der Waals surface area contributed by atoms with Crippen LogP contribution in [0.15, 0.2) is 0 Å². The van der Waals surface area contributed by atoms with Crippen LogP contribution in [0.25, 0.3) is 0 Å². The second-order valence-electron chi connectivity index (χ2n) is 13.8. The van der Waals surface area contributed by atoms with Gasteiger partial charge in [-0.2, -0.15) is 0 Å². The van der Waals surface area contributed by atoms with Crippen molar-refractivity contribution in [3.8, 4) is 0 Å². The molecule has 43 heavy (non-hydrogen) atoms. The van der Waals surface area contributed by atoms with Crippen molar-refractivity contribution in [3.63, 3.8) is 0 Å². The fourth-order valence-electron chi connectivity index (χ4n) is 6.84. The van der Waals surface area contributed by atoms with Crippen molar-refractivity contribution in [2.75, 3.05) is 20.6 Å². The molecule has 252 valence electrons. The van der Waals surface area contributed by atoms with E-state index in [-0.39, 0.29) is 30.8 Å². The second-order valence-corrected chi connectivity index (χ2v) is 13.8. The number of nitrogens with zero attached hydrogens (tertiary/aromatic N) is 2. The Bertz CT molecular complexity index is 932. The molecule has 0 aliphatic carbocycles. The molecule has 1 amide bonds. The third-order valence-corrected chi connectivity index (χ3v) is 9.79. The molecule has 0 bridgehead atoms. The molecule has 0 saturated carbocycles. The van der Waals surface area contributed by atoms with Gasteiger partial charge in [0, 0.05) is 32.5 Å². The molecule has 2 saturated heterocycles. The Labute approximate surface area is 257 Å². The van der Waals surface area contributed by atoms with Crippen molar-refractivity contribution in [1.29, 1.82) is 0 Å². The fourth-order valence-corrected chi connectivity index (χ4v) is 6.84. The number of amides is 1. The molecule has 0 aromatic carbocycles. The minimum absolute atomic E-state index is 0.148. The zero-order valence-electron chi connectivity index (χ0n) is 27.9. The number of hydrogen-bond acceptors (Lipinski definition) is 11. The molecule has 0 aromatic rings. The Morgan fingerprint density at radius 1 is 1.09 bits per heavy atom. The summed E-state index contributed by atoms with van der Waals surface area (Å²) in [7, 11) is 3.41. The van der Waals surface area contributed by atoms with Gasteiger partial charge < -0.3 is 49.5 Å². The summed E-state index contributed by atoms with van der Waals surface area (Å²) in [5.41, 5.74) is -3.35. The summed E-state index contributed by atoms with van der Waals surface area (Å²) in [5, 5.41) is 57.2. The van der Waals surface area contributed by atoms with Gasteiger partial charge in [-0.15, -0.1) is 0 Å². The van der Waals surface area contributed by atoms with Gasteiger partial charge in [-0.05, 0) is 66.8 Å². The van der Waals surface area contributed by atoms with Gasteiger partial charge in [0.1, 0.15) is 23.9 Å². The molecule has 0 spiro atoms. The number of ether oxygens (including phenoxy) is 3. The first kappa shape index (κ1) is 37.8. The van der Waals surface area contributed by atoms with E-state index in [0.717, 1.165) is 0 Å². The Kier molecular flexibility index (Phi) is 13.0. The molecular weight excluding hydrogens is 560 g/mol. The third kappa shape index (κ3) is 8.66. The van der Waals surface area contributed by atoms with Gasteiger partial charge in [-0.25, -0.2) is 0 Å². The van der Waals surface area contributed by atoms with Gasteiger partial charge in [-0.3, -0.25) is 9.59 Å². The van der Waals surface area contributed by atoms with Crippen LogP contribution >= 0.6 is 0 Å². The Balaban J connectivity index is 2.53. The minimum atomic E-state index is -1.77. The van der Waals surface area contributed by atoms with Crippen LogP contribution in [0, 0.1) is 17.8 Å². The summed E-state index contributed by atoms with van der Waals surface area (Å²) >= 11 is 0. The van der Waals surface area contributed by atoms with Crippen molar-refractivity contribution in [3.05, 3.63) is 0 Å².